The van der Waals surface area contributed by atoms with Crippen LogP contribution in [0.3, 0.4) is 0 Å². The van der Waals surface area contributed by atoms with Gasteiger partial charge in [0.1, 0.15) is 6.04 Å². The standard InChI is InChI=1S/C18H20Cl2N4O2/c1-12(10-23-8-6-21-11-23)22-17(25)16-3-2-7-24(16)18(26)14-9-13(19)4-5-15(14)20/h4-6,8-9,11-12,16H,2-3,7,10H2,1H3,(H,22,25). The van der Waals surface area contributed by atoms with Crippen molar-refractivity contribution >= 4 is 35.0 Å². The quantitative estimate of drug-likeness (QED) is 0.847. The summed E-state index contributed by atoms with van der Waals surface area (Å²) in [6.07, 6.45) is 6.65. The summed E-state index contributed by atoms with van der Waals surface area (Å²) in [6, 6.07) is 4.19. The molecular weight excluding hydrogens is 375 g/mol. The number of imidazole rings is 1. The third-order valence-electron chi connectivity index (χ3n) is 4.41. The lowest BCUT2D eigenvalue weighted by Crippen LogP contribution is -2.49. The molecule has 1 aliphatic heterocycles. The molecule has 0 bridgehead atoms. The molecule has 1 N–H and O–H groups in total. The summed E-state index contributed by atoms with van der Waals surface area (Å²) in [7, 11) is 0. The van der Waals surface area contributed by atoms with Crippen molar-refractivity contribution in [1.82, 2.24) is 19.8 Å². The minimum Gasteiger partial charge on any atom is -0.350 e. The number of aromatic nitrogens is 2. The molecule has 3 rings (SSSR count). The van der Waals surface area contributed by atoms with Gasteiger partial charge in [-0.3, -0.25) is 9.59 Å². The first-order valence-electron chi connectivity index (χ1n) is 8.48. The van der Waals surface area contributed by atoms with Crippen molar-refractivity contribution in [3.8, 4) is 0 Å². The molecule has 2 heterocycles. The molecule has 2 unspecified atom stereocenters. The van der Waals surface area contributed by atoms with E-state index in [4.69, 9.17) is 23.2 Å². The summed E-state index contributed by atoms with van der Waals surface area (Å²) in [5.41, 5.74) is 0.324. The minimum absolute atomic E-state index is 0.0796. The summed E-state index contributed by atoms with van der Waals surface area (Å²) in [6.45, 7) is 3.06. The maximum Gasteiger partial charge on any atom is 0.256 e. The zero-order valence-corrected chi connectivity index (χ0v) is 15.9. The average molecular weight is 395 g/mol. The zero-order chi connectivity index (χ0) is 18.7. The Morgan fingerprint density at radius 1 is 1.38 bits per heavy atom. The van der Waals surface area contributed by atoms with E-state index in [1.54, 1.807) is 35.6 Å². The monoisotopic (exact) mass is 394 g/mol. The van der Waals surface area contributed by atoms with Crippen LogP contribution in [0.4, 0.5) is 0 Å². The Hall–Kier alpha value is -2.05. The number of hydrogen-bond acceptors (Lipinski definition) is 3. The maximum atomic E-state index is 12.9. The second-order valence-corrected chi connectivity index (χ2v) is 7.29. The van der Waals surface area contributed by atoms with E-state index in [-0.39, 0.29) is 17.9 Å². The third-order valence-corrected chi connectivity index (χ3v) is 4.97. The van der Waals surface area contributed by atoms with Crippen molar-refractivity contribution in [2.24, 2.45) is 0 Å². The predicted octanol–water partition coefficient (Wildman–Crippen LogP) is 3.00. The van der Waals surface area contributed by atoms with Crippen LogP contribution in [0.2, 0.25) is 10.0 Å². The van der Waals surface area contributed by atoms with Gasteiger partial charge in [0.25, 0.3) is 5.91 Å². The number of hydrogen-bond donors (Lipinski definition) is 1. The Labute approximate surface area is 162 Å². The van der Waals surface area contributed by atoms with Gasteiger partial charge in [-0.2, -0.15) is 0 Å². The second kappa shape index (κ2) is 8.10. The Balaban J connectivity index is 1.68. The van der Waals surface area contributed by atoms with Crippen molar-refractivity contribution < 1.29 is 9.59 Å². The fourth-order valence-electron chi connectivity index (χ4n) is 3.19. The summed E-state index contributed by atoms with van der Waals surface area (Å²) in [5.74, 6) is -0.418. The van der Waals surface area contributed by atoms with Crippen LogP contribution in [0.15, 0.2) is 36.9 Å². The van der Waals surface area contributed by atoms with E-state index in [1.807, 2.05) is 17.7 Å². The number of carbonyl (C=O) groups excluding carboxylic acids is 2. The Kier molecular flexibility index (Phi) is 5.84. The average Bonchev–Trinajstić information content (AvgIpc) is 3.27. The van der Waals surface area contributed by atoms with Gasteiger partial charge >= 0.3 is 0 Å². The third kappa shape index (κ3) is 4.19. The molecule has 1 saturated heterocycles. The highest BCUT2D eigenvalue weighted by molar-refractivity contribution is 6.35. The Bertz CT molecular complexity index is 794. The summed E-state index contributed by atoms with van der Waals surface area (Å²) >= 11 is 12.1. The van der Waals surface area contributed by atoms with Crippen LogP contribution in [0, 0.1) is 0 Å². The van der Waals surface area contributed by atoms with E-state index in [1.165, 1.54) is 0 Å². The normalized spacial score (nSPS) is 18.0. The lowest BCUT2D eigenvalue weighted by atomic mass is 10.1. The van der Waals surface area contributed by atoms with Crippen molar-refractivity contribution in [2.75, 3.05) is 6.54 Å². The molecule has 0 aliphatic carbocycles. The van der Waals surface area contributed by atoms with Crippen LogP contribution in [0.1, 0.15) is 30.1 Å². The topological polar surface area (TPSA) is 67.2 Å². The van der Waals surface area contributed by atoms with Crippen molar-refractivity contribution in [3.63, 3.8) is 0 Å². The van der Waals surface area contributed by atoms with Gasteiger partial charge in [0.05, 0.1) is 16.9 Å². The first-order chi connectivity index (χ1) is 12.5. The molecule has 138 valence electrons. The maximum absolute atomic E-state index is 12.9. The fraction of sp³-hybridized carbons (Fsp3) is 0.389. The van der Waals surface area contributed by atoms with Crippen LogP contribution >= 0.6 is 23.2 Å². The van der Waals surface area contributed by atoms with E-state index in [0.717, 1.165) is 6.42 Å². The van der Waals surface area contributed by atoms with Crippen molar-refractivity contribution in [1.29, 1.82) is 0 Å². The predicted molar refractivity (Wildman–Crippen MR) is 100 cm³/mol. The van der Waals surface area contributed by atoms with Gasteiger partial charge in [-0.25, -0.2) is 4.98 Å². The molecule has 6 nitrogen and oxygen atoms in total. The largest absolute Gasteiger partial charge is 0.350 e. The van der Waals surface area contributed by atoms with E-state index in [0.29, 0.717) is 35.1 Å². The smallest absolute Gasteiger partial charge is 0.256 e. The molecule has 2 amide bonds. The lowest BCUT2D eigenvalue weighted by molar-refractivity contribution is -0.125. The van der Waals surface area contributed by atoms with Crippen molar-refractivity contribution in [3.05, 3.63) is 52.5 Å². The van der Waals surface area contributed by atoms with Gasteiger partial charge in [0, 0.05) is 36.5 Å². The molecule has 0 saturated carbocycles. The SMILES string of the molecule is CC(Cn1ccnc1)NC(=O)C1CCCN1C(=O)c1cc(Cl)ccc1Cl. The zero-order valence-electron chi connectivity index (χ0n) is 14.4. The van der Waals surface area contributed by atoms with E-state index < -0.39 is 6.04 Å². The number of benzene rings is 1. The van der Waals surface area contributed by atoms with Gasteiger partial charge in [-0.1, -0.05) is 23.2 Å². The molecule has 0 spiro atoms. The molecule has 1 aromatic carbocycles. The summed E-state index contributed by atoms with van der Waals surface area (Å²) < 4.78 is 1.90. The lowest BCUT2D eigenvalue weighted by Gasteiger charge is -2.26. The van der Waals surface area contributed by atoms with Crippen molar-refractivity contribution in [2.45, 2.75) is 38.4 Å². The Morgan fingerprint density at radius 3 is 2.92 bits per heavy atom. The molecule has 8 heteroatoms. The molecule has 1 aromatic heterocycles. The summed E-state index contributed by atoms with van der Waals surface area (Å²) in [4.78, 5) is 31.1. The molecule has 1 fully saturated rings. The van der Waals surface area contributed by atoms with Gasteiger partial charge in [-0.05, 0) is 38.0 Å². The second-order valence-electron chi connectivity index (χ2n) is 6.45. The van der Waals surface area contributed by atoms with Gasteiger partial charge in [-0.15, -0.1) is 0 Å². The van der Waals surface area contributed by atoms with E-state index >= 15 is 0 Å². The van der Waals surface area contributed by atoms with Gasteiger partial charge < -0.3 is 14.8 Å². The van der Waals surface area contributed by atoms with E-state index in [9.17, 15) is 9.59 Å². The highest BCUT2D eigenvalue weighted by atomic mass is 35.5. The van der Waals surface area contributed by atoms with E-state index in [2.05, 4.69) is 10.3 Å². The number of rotatable bonds is 5. The molecule has 1 aliphatic rings. The number of halogens is 2. The molecule has 0 radical (unpaired) electrons. The van der Waals surface area contributed by atoms with Crippen LogP contribution in [-0.4, -0.2) is 44.9 Å². The van der Waals surface area contributed by atoms with Gasteiger partial charge in [0.15, 0.2) is 0 Å². The van der Waals surface area contributed by atoms with Crippen LogP contribution in [0.5, 0.6) is 0 Å². The first kappa shape index (κ1) is 18.7. The molecular formula is C18H20Cl2N4O2. The molecule has 2 atom stereocenters. The number of nitrogens with one attached hydrogen (secondary N) is 1. The van der Waals surface area contributed by atoms with Crippen LogP contribution < -0.4 is 5.32 Å². The first-order valence-corrected chi connectivity index (χ1v) is 9.23. The van der Waals surface area contributed by atoms with Crippen LogP contribution in [0.25, 0.3) is 0 Å². The number of likely N-dealkylation sites (tertiary alicyclic amines) is 1. The number of amides is 2. The van der Waals surface area contributed by atoms with Crippen LogP contribution in [-0.2, 0) is 11.3 Å². The van der Waals surface area contributed by atoms with Gasteiger partial charge in [0.2, 0.25) is 5.91 Å². The fourth-order valence-corrected chi connectivity index (χ4v) is 3.56. The highest BCUT2D eigenvalue weighted by Gasteiger charge is 2.35. The molecule has 26 heavy (non-hydrogen) atoms. The Morgan fingerprint density at radius 2 is 2.19 bits per heavy atom. The summed E-state index contributed by atoms with van der Waals surface area (Å²) in [5, 5.41) is 3.75. The number of carbonyl (C=O) groups is 2. The highest BCUT2D eigenvalue weighted by Crippen LogP contribution is 2.26. The molecule has 2 aromatic rings. The number of nitrogens with zero attached hydrogens (tertiary/aromatic N) is 3. The minimum atomic E-state index is -0.497.